The lowest BCUT2D eigenvalue weighted by Crippen LogP contribution is -2.21. The lowest BCUT2D eigenvalue weighted by molar-refractivity contribution is 0.100. The number of amides is 3. The molecular weight excluding hydrogens is 324 g/mol. The van der Waals surface area contributed by atoms with Crippen LogP contribution in [-0.4, -0.2) is 29.9 Å². The van der Waals surface area contributed by atoms with Crippen LogP contribution in [0.5, 0.6) is 0 Å². The van der Waals surface area contributed by atoms with Gasteiger partial charge in [-0.2, -0.15) is 0 Å². The van der Waals surface area contributed by atoms with Crippen LogP contribution in [0.3, 0.4) is 0 Å². The zero-order valence-electron chi connectivity index (χ0n) is 13.8. The number of carbonyl (C=O) groups excluding carboxylic acids is 2. The minimum Gasteiger partial charge on any atom is -0.366 e. The van der Waals surface area contributed by atoms with Crippen LogP contribution in [0.25, 0.3) is 10.4 Å². The molecule has 0 atom stereocenters. The van der Waals surface area contributed by atoms with Crippen LogP contribution in [0.1, 0.15) is 29.8 Å². The molecule has 3 amide bonds. The summed E-state index contributed by atoms with van der Waals surface area (Å²) in [5, 5.41) is 2.82. The standard InChI is InChI=1S/C17H22N4O2S/c1-3-21(4-2)10-11-5-7-12(8-6-11)14-9-13(15(18)22)16(24-14)20-17(19)23/h5-9H,3-4,10H2,1-2H3,(H2,18,22)(H3,19,20,23). The summed E-state index contributed by atoms with van der Waals surface area (Å²) in [7, 11) is 0. The van der Waals surface area contributed by atoms with Gasteiger partial charge in [0, 0.05) is 11.4 Å². The Bertz CT molecular complexity index is 721. The Hall–Kier alpha value is -2.38. The molecule has 0 bridgehead atoms. The number of carbonyl (C=O) groups is 2. The monoisotopic (exact) mass is 346 g/mol. The average molecular weight is 346 g/mol. The lowest BCUT2D eigenvalue weighted by Gasteiger charge is -2.17. The van der Waals surface area contributed by atoms with Gasteiger partial charge in [-0.1, -0.05) is 38.1 Å². The second-order valence-electron chi connectivity index (χ2n) is 5.37. The highest BCUT2D eigenvalue weighted by atomic mass is 32.1. The fraction of sp³-hybridized carbons (Fsp3) is 0.294. The molecule has 7 heteroatoms. The van der Waals surface area contributed by atoms with Gasteiger partial charge in [-0.05, 0) is 30.3 Å². The first-order chi connectivity index (χ1) is 11.4. The summed E-state index contributed by atoms with van der Waals surface area (Å²) in [6, 6.07) is 9.10. The molecule has 0 aliphatic rings. The van der Waals surface area contributed by atoms with E-state index in [1.54, 1.807) is 6.07 Å². The number of thiophene rings is 1. The number of anilines is 1. The van der Waals surface area contributed by atoms with Gasteiger partial charge < -0.3 is 11.5 Å². The molecule has 2 aromatic rings. The second-order valence-corrected chi connectivity index (χ2v) is 6.42. The molecular formula is C17H22N4O2S. The Morgan fingerprint density at radius 2 is 1.75 bits per heavy atom. The number of hydrogen-bond donors (Lipinski definition) is 3. The molecule has 24 heavy (non-hydrogen) atoms. The molecule has 128 valence electrons. The van der Waals surface area contributed by atoms with Crippen LogP contribution < -0.4 is 16.8 Å². The molecule has 0 saturated heterocycles. The van der Waals surface area contributed by atoms with Crippen LogP contribution in [0.4, 0.5) is 9.80 Å². The topological polar surface area (TPSA) is 101 Å². The maximum absolute atomic E-state index is 11.5. The summed E-state index contributed by atoms with van der Waals surface area (Å²) < 4.78 is 0. The van der Waals surface area contributed by atoms with E-state index in [1.165, 1.54) is 16.9 Å². The van der Waals surface area contributed by atoms with Crippen LogP contribution in [0, 0.1) is 0 Å². The number of urea groups is 1. The zero-order valence-corrected chi connectivity index (χ0v) is 14.7. The van der Waals surface area contributed by atoms with Gasteiger partial charge in [-0.3, -0.25) is 15.0 Å². The molecule has 0 aliphatic carbocycles. The number of nitrogens with two attached hydrogens (primary N) is 2. The predicted molar refractivity (Wildman–Crippen MR) is 98.1 cm³/mol. The SMILES string of the molecule is CCN(CC)Cc1ccc(-c2cc(C(N)=O)c(NC(N)=O)s2)cc1. The van der Waals surface area contributed by atoms with Crippen molar-refractivity contribution in [2.75, 3.05) is 18.4 Å². The van der Waals surface area contributed by atoms with E-state index in [0.29, 0.717) is 5.00 Å². The van der Waals surface area contributed by atoms with Crippen molar-refractivity contribution in [3.8, 4) is 10.4 Å². The summed E-state index contributed by atoms with van der Waals surface area (Å²) in [4.78, 5) is 25.8. The number of benzene rings is 1. The van der Waals surface area contributed by atoms with E-state index in [4.69, 9.17) is 11.5 Å². The molecule has 2 rings (SSSR count). The molecule has 0 aliphatic heterocycles. The van der Waals surface area contributed by atoms with Crippen LogP contribution in [-0.2, 0) is 6.54 Å². The Balaban J connectivity index is 2.25. The number of rotatable bonds is 7. The third kappa shape index (κ3) is 4.33. The normalized spacial score (nSPS) is 10.8. The molecule has 0 radical (unpaired) electrons. The van der Waals surface area contributed by atoms with Crippen molar-refractivity contribution >= 4 is 28.3 Å². The summed E-state index contributed by atoms with van der Waals surface area (Å²) in [6.07, 6.45) is 0. The van der Waals surface area contributed by atoms with Crippen molar-refractivity contribution in [3.05, 3.63) is 41.5 Å². The van der Waals surface area contributed by atoms with Crippen molar-refractivity contribution in [1.82, 2.24) is 4.90 Å². The van der Waals surface area contributed by atoms with Gasteiger partial charge in [0.1, 0.15) is 5.00 Å². The van der Waals surface area contributed by atoms with E-state index in [0.717, 1.165) is 30.1 Å². The third-order valence-corrected chi connectivity index (χ3v) is 4.87. The Labute approximate surface area is 145 Å². The summed E-state index contributed by atoms with van der Waals surface area (Å²) in [6.45, 7) is 7.20. The smallest absolute Gasteiger partial charge is 0.317 e. The number of primary amides is 2. The maximum atomic E-state index is 11.5. The van der Waals surface area contributed by atoms with E-state index >= 15 is 0 Å². The third-order valence-electron chi connectivity index (χ3n) is 3.77. The Kier molecular flexibility index (Phi) is 5.94. The fourth-order valence-electron chi connectivity index (χ4n) is 2.40. The summed E-state index contributed by atoms with van der Waals surface area (Å²) in [5.41, 5.74) is 12.9. The second kappa shape index (κ2) is 7.94. The van der Waals surface area contributed by atoms with Gasteiger partial charge in [0.25, 0.3) is 5.91 Å². The highest BCUT2D eigenvalue weighted by Crippen LogP contribution is 2.35. The molecule has 0 fully saturated rings. The zero-order chi connectivity index (χ0) is 17.7. The van der Waals surface area contributed by atoms with Crippen molar-refractivity contribution in [1.29, 1.82) is 0 Å². The number of nitrogens with one attached hydrogen (secondary N) is 1. The predicted octanol–water partition coefficient (Wildman–Crippen LogP) is 2.85. The van der Waals surface area contributed by atoms with E-state index in [1.807, 2.05) is 12.1 Å². The highest BCUT2D eigenvalue weighted by Gasteiger charge is 2.16. The van der Waals surface area contributed by atoms with Crippen LogP contribution >= 0.6 is 11.3 Å². The van der Waals surface area contributed by atoms with E-state index in [9.17, 15) is 9.59 Å². The largest absolute Gasteiger partial charge is 0.366 e. The van der Waals surface area contributed by atoms with E-state index in [2.05, 4.69) is 36.2 Å². The Morgan fingerprint density at radius 1 is 1.12 bits per heavy atom. The highest BCUT2D eigenvalue weighted by molar-refractivity contribution is 7.20. The number of nitrogens with zero attached hydrogens (tertiary/aromatic N) is 1. The van der Waals surface area contributed by atoms with Crippen LogP contribution in [0.15, 0.2) is 30.3 Å². The lowest BCUT2D eigenvalue weighted by atomic mass is 10.1. The molecule has 0 unspecified atom stereocenters. The van der Waals surface area contributed by atoms with E-state index in [-0.39, 0.29) is 5.56 Å². The van der Waals surface area contributed by atoms with Crippen molar-refractivity contribution in [2.24, 2.45) is 11.5 Å². The minimum absolute atomic E-state index is 0.265. The van der Waals surface area contributed by atoms with Gasteiger partial charge >= 0.3 is 6.03 Å². The van der Waals surface area contributed by atoms with Gasteiger partial charge in [-0.15, -0.1) is 11.3 Å². The quantitative estimate of drug-likeness (QED) is 0.718. The first-order valence-corrected chi connectivity index (χ1v) is 8.58. The summed E-state index contributed by atoms with van der Waals surface area (Å²) >= 11 is 1.27. The molecule has 1 heterocycles. The maximum Gasteiger partial charge on any atom is 0.317 e. The molecule has 1 aromatic carbocycles. The van der Waals surface area contributed by atoms with Crippen LogP contribution in [0.2, 0.25) is 0 Å². The molecule has 0 saturated carbocycles. The van der Waals surface area contributed by atoms with Crippen molar-refractivity contribution in [2.45, 2.75) is 20.4 Å². The van der Waals surface area contributed by atoms with Crippen molar-refractivity contribution < 1.29 is 9.59 Å². The first-order valence-electron chi connectivity index (χ1n) is 7.76. The van der Waals surface area contributed by atoms with Gasteiger partial charge in [-0.25, -0.2) is 4.79 Å². The molecule has 1 aromatic heterocycles. The summed E-state index contributed by atoms with van der Waals surface area (Å²) in [5.74, 6) is -0.598. The Morgan fingerprint density at radius 3 is 2.25 bits per heavy atom. The van der Waals surface area contributed by atoms with Crippen molar-refractivity contribution in [3.63, 3.8) is 0 Å². The number of hydrogen-bond acceptors (Lipinski definition) is 4. The fourth-order valence-corrected chi connectivity index (χ4v) is 3.47. The van der Waals surface area contributed by atoms with Gasteiger partial charge in [0.2, 0.25) is 0 Å². The molecule has 0 spiro atoms. The molecule has 6 nitrogen and oxygen atoms in total. The molecule has 5 N–H and O–H groups in total. The average Bonchev–Trinajstić information content (AvgIpc) is 2.96. The minimum atomic E-state index is -0.722. The first kappa shape index (κ1) is 18.0. The van der Waals surface area contributed by atoms with Gasteiger partial charge in [0.05, 0.1) is 5.56 Å². The van der Waals surface area contributed by atoms with E-state index < -0.39 is 11.9 Å². The van der Waals surface area contributed by atoms with Gasteiger partial charge in [0.15, 0.2) is 0 Å².